The number of anilines is 1. The summed E-state index contributed by atoms with van der Waals surface area (Å²) in [5.41, 5.74) is 4.97. The molecule has 0 bridgehead atoms. The van der Waals surface area contributed by atoms with Crippen LogP contribution in [0.1, 0.15) is 30.1 Å². The molecule has 0 saturated carbocycles. The number of amides is 1. The summed E-state index contributed by atoms with van der Waals surface area (Å²) in [6.07, 6.45) is 1.66. The van der Waals surface area contributed by atoms with Gasteiger partial charge in [0.05, 0.1) is 22.6 Å². The van der Waals surface area contributed by atoms with E-state index in [1.807, 2.05) is 6.92 Å². The van der Waals surface area contributed by atoms with E-state index in [0.717, 1.165) is 12.8 Å². The Bertz CT molecular complexity index is 538. The zero-order chi connectivity index (χ0) is 14.8. The number of hydrogen-bond donors (Lipinski definition) is 2. The number of nitrogens with one attached hydrogen (secondary N) is 1. The third kappa shape index (κ3) is 2.88. The molecule has 7 heteroatoms. The minimum absolute atomic E-state index is 0.115. The van der Waals surface area contributed by atoms with Crippen LogP contribution in [0.5, 0.6) is 0 Å². The number of ether oxygens (including phenoxy) is 1. The number of rotatable bonds is 3. The number of nitro benzene ring substituents is 1. The lowest BCUT2D eigenvalue weighted by Crippen LogP contribution is -2.51. The van der Waals surface area contributed by atoms with Gasteiger partial charge in [-0.25, -0.2) is 0 Å². The largest absolute Gasteiger partial charge is 0.393 e. The van der Waals surface area contributed by atoms with Gasteiger partial charge in [0.1, 0.15) is 5.69 Å². The molecule has 2 rings (SSSR count). The highest BCUT2D eigenvalue weighted by Crippen LogP contribution is 2.26. The highest BCUT2D eigenvalue weighted by Gasteiger charge is 2.31. The van der Waals surface area contributed by atoms with Gasteiger partial charge in [-0.05, 0) is 25.8 Å². The van der Waals surface area contributed by atoms with Gasteiger partial charge >= 0.3 is 0 Å². The molecule has 108 valence electrons. The van der Waals surface area contributed by atoms with Gasteiger partial charge in [0.25, 0.3) is 11.6 Å². The van der Waals surface area contributed by atoms with Gasteiger partial charge in [-0.3, -0.25) is 14.9 Å². The van der Waals surface area contributed by atoms with Crippen molar-refractivity contribution in [2.45, 2.75) is 25.3 Å². The lowest BCUT2D eigenvalue weighted by Gasteiger charge is -2.34. The molecule has 3 N–H and O–H groups in total. The van der Waals surface area contributed by atoms with Crippen molar-refractivity contribution in [1.29, 1.82) is 0 Å². The normalized spacial score (nSPS) is 22.2. The van der Waals surface area contributed by atoms with Crippen molar-refractivity contribution in [2.75, 3.05) is 18.9 Å². The zero-order valence-corrected chi connectivity index (χ0v) is 11.2. The van der Waals surface area contributed by atoms with E-state index in [-0.39, 0.29) is 16.9 Å². The first-order valence-electron chi connectivity index (χ1n) is 6.36. The summed E-state index contributed by atoms with van der Waals surface area (Å²) in [7, 11) is 0. The van der Waals surface area contributed by atoms with Gasteiger partial charge in [-0.15, -0.1) is 0 Å². The lowest BCUT2D eigenvalue weighted by atomic mass is 9.94. The Balaban J connectivity index is 2.21. The number of hydrogen-bond acceptors (Lipinski definition) is 5. The van der Waals surface area contributed by atoms with Gasteiger partial charge in [0.15, 0.2) is 0 Å². The topological polar surface area (TPSA) is 107 Å². The molecule has 1 atom stereocenters. The molecule has 1 unspecified atom stereocenters. The van der Waals surface area contributed by atoms with Crippen molar-refractivity contribution in [3.8, 4) is 0 Å². The van der Waals surface area contributed by atoms with Crippen LogP contribution in [0.2, 0.25) is 0 Å². The third-order valence-corrected chi connectivity index (χ3v) is 3.38. The van der Waals surface area contributed by atoms with Crippen LogP contribution < -0.4 is 11.1 Å². The lowest BCUT2D eigenvalue weighted by molar-refractivity contribution is -0.383. The quantitative estimate of drug-likeness (QED) is 0.495. The van der Waals surface area contributed by atoms with Crippen LogP contribution in [0.15, 0.2) is 18.2 Å². The number of carbonyl (C=O) groups excluding carboxylic acids is 1. The summed E-state index contributed by atoms with van der Waals surface area (Å²) in [6, 6.07) is 4.20. The van der Waals surface area contributed by atoms with E-state index in [4.69, 9.17) is 10.5 Å². The average Bonchev–Trinajstić information content (AvgIpc) is 2.38. The molecule has 20 heavy (non-hydrogen) atoms. The standard InChI is InChI=1S/C13H17N3O4/c1-13(6-3-7-20-8-13)15-12(17)9-4-2-5-10(11(9)14)16(18)19/h2,4-5H,3,6-8,14H2,1H3,(H,15,17). The molecule has 0 radical (unpaired) electrons. The van der Waals surface area contributed by atoms with E-state index >= 15 is 0 Å². The maximum atomic E-state index is 12.2. The van der Waals surface area contributed by atoms with Crippen LogP contribution in [0.4, 0.5) is 11.4 Å². The average molecular weight is 279 g/mol. The first kappa shape index (κ1) is 14.3. The van der Waals surface area contributed by atoms with Crippen molar-refractivity contribution in [1.82, 2.24) is 5.32 Å². The van der Waals surface area contributed by atoms with Crippen LogP contribution in [-0.4, -0.2) is 29.6 Å². The Hall–Kier alpha value is -2.15. The summed E-state index contributed by atoms with van der Waals surface area (Å²) in [5, 5.41) is 13.7. The Morgan fingerprint density at radius 3 is 2.90 bits per heavy atom. The Labute approximate surface area is 116 Å². The smallest absolute Gasteiger partial charge is 0.292 e. The van der Waals surface area contributed by atoms with Gasteiger partial charge < -0.3 is 15.8 Å². The van der Waals surface area contributed by atoms with E-state index in [2.05, 4.69) is 5.32 Å². The van der Waals surface area contributed by atoms with Gasteiger partial charge in [0.2, 0.25) is 0 Å². The van der Waals surface area contributed by atoms with Crippen LogP contribution in [0.3, 0.4) is 0 Å². The number of nitrogens with zero attached hydrogens (tertiary/aromatic N) is 1. The number of nitrogen functional groups attached to an aromatic ring is 1. The Morgan fingerprint density at radius 1 is 1.55 bits per heavy atom. The number of nitrogens with two attached hydrogens (primary N) is 1. The third-order valence-electron chi connectivity index (χ3n) is 3.38. The molecule has 1 fully saturated rings. The van der Waals surface area contributed by atoms with Crippen molar-refractivity contribution in [3.63, 3.8) is 0 Å². The molecule has 1 saturated heterocycles. The molecule has 1 aromatic carbocycles. The zero-order valence-electron chi connectivity index (χ0n) is 11.2. The van der Waals surface area contributed by atoms with Crippen LogP contribution >= 0.6 is 0 Å². The maximum Gasteiger partial charge on any atom is 0.292 e. The fourth-order valence-electron chi connectivity index (χ4n) is 2.28. The first-order valence-corrected chi connectivity index (χ1v) is 6.36. The monoisotopic (exact) mass is 279 g/mol. The number of benzene rings is 1. The fourth-order valence-corrected chi connectivity index (χ4v) is 2.28. The van der Waals surface area contributed by atoms with Gasteiger partial charge in [-0.2, -0.15) is 0 Å². The number of nitro groups is 1. The molecular weight excluding hydrogens is 262 g/mol. The molecule has 1 aromatic rings. The van der Waals surface area contributed by atoms with Crippen molar-refractivity contribution < 1.29 is 14.5 Å². The molecular formula is C13H17N3O4. The second kappa shape index (κ2) is 5.46. The Kier molecular flexibility index (Phi) is 3.89. The Morgan fingerprint density at radius 2 is 2.30 bits per heavy atom. The van der Waals surface area contributed by atoms with Crippen LogP contribution in [0.25, 0.3) is 0 Å². The number of carbonyl (C=O) groups is 1. The SMILES string of the molecule is CC1(NC(=O)c2cccc([N+](=O)[O-])c2N)CCCOC1. The predicted molar refractivity (Wildman–Crippen MR) is 73.4 cm³/mol. The van der Waals surface area contributed by atoms with Crippen LogP contribution in [0, 0.1) is 10.1 Å². The molecule has 1 aliphatic rings. The summed E-state index contributed by atoms with van der Waals surface area (Å²) in [6.45, 7) is 3.00. The summed E-state index contributed by atoms with van der Waals surface area (Å²) < 4.78 is 5.36. The van der Waals surface area contributed by atoms with Crippen molar-refractivity contribution in [2.24, 2.45) is 0 Å². The highest BCUT2D eigenvalue weighted by atomic mass is 16.6. The van der Waals surface area contributed by atoms with Gasteiger partial charge in [-0.1, -0.05) is 6.07 Å². The van der Waals surface area contributed by atoms with Crippen molar-refractivity contribution in [3.05, 3.63) is 33.9 Å². The number of para-hydroxylation sites is 1. The summed E-state index contributed by atoms with van der Waals surface area (Å²) >= 11 is 0. The molecule has 0 aliphatic carbocycles. The highest BCUT2D eigenvalue weighted by molar-refractivity contribution is 6.01. The molecule has 7 nitrogen and oxygen atoms in total. The molecule has 1 aliphatic heterocycles. The molecule has 0 spiro atoms. The summed E-state index contributed by atoms with van der Waals surface area (Å²) in [4.78, 5) is 22.5. The minimum Gasteiger partial charge on any atom is -0.393 e. The second-order valence-corrected chi connectivity index (χ2v) is 5.17. The summed E-state index contributed by atoms with van der Waals surface area (Å²) in [5.74, 6) is -0.417. The molecule has 1 amide bonds. The van der Waals surface area contributed by atoms with E-state index < -0.39 is 16.4 Å². The second-order valence-electron chi connectivity index (χ2n) is 5.17. The van der Waals surface area contributed by atoms with E-state index in [1.165, 1.54) is 18.2 Å². The van der Waals surface area contributed by atoms with Gasteiger partial charge in [0, 0.05) is 12.7 Å². The van der Waals surface area contributed by atoms with E-state index in [0.29, 0.717) is 13.2 Å². The fraction of sp³-hybridized carbons (Fsp3) is 0.462. The first-order chi connectivity index (χ1) is 9.43. The predicted octanol–water partition coefficient (Wildman–Crippen LogP) is 1.48. The van der Waals surface area contributed by atoms with E-state index in [9.17, 15) is 14.9 Å². The van der Waals surface area contributed by atoms with E-state index in [1.54, 1.807) is 0 Å². The molecule has 1 heterocycles. The molecule has 0 aromatic heterocycles. The van der Waals surface area contributed by atoms with Crippen LogP contribution in [-0.2, 0) is 4.74 Å². The maximum absolute atomic E-state index is 12.2. The minimum atomic E-state index is -0.600. The van der Waals surface area contributed by atoms with Crippen molar-refractivity contribution >= 4 is 17.3 Å².